The van der Waals surface area contributed by atoms with Gasteiger partial charge in [-0.3, -0.25) is 14.7 Å². The van der Waals surface area contributed by atoms with Gasteiger partial charge in [-0.15, -0.1) is 5.10 Å². The van der Waals surface area contributed by atoms with Gasteiger partial charge in [-0.05, 0) is 56.2 Å². The van der Waals surface area contributed by atoms with E-state index in [0.29, 0.717) is 57.3 Å². The first-order valence-corrected chi connectivity index (χ1v) is 16.5. The Balaban J connectivity index is 1.11. The van der Waals surface area contributed by atoms with E-state index >= 15 is 0 Å². The van der Waals surface area contributed by atoms with Crippen LogP contribution >= 0.6 is 0 Å². The zero-order chi connectivity index (χ0) is 32.2. The Morgan fingerprint density at radius 2 is 1.59 bits per heavy atom. The number of carbonyl (C=O) groups excluding carboxylic acids is 2. The molecule has 46 heavy (non-hydrogen) atoms. The number of urea groups is 1. The average molecular weight is 632 g/mol. The van der Waals surface area contributed by atoms with Gasteiger partial charge >= 0.3 is 11.7 Å². The highest BCUT2D eigenvalue weighted by atomic mass is 16.5. The Morgan fingerprint density at radius 3 is 2.24 bits per heavy atom. The lowest BCUT2D eigenvalue weighted by Gasteiger charge is -2.41. The summed E-state index contributed by atoms with van der Waals surface area (Å²) in [6.45, 7) is 8.98. The Labute approximate surface area is 269 Å². The number of piperazine rings is 1. The Kier molecular flexibility index (Phi) is 9.74. The molecule has 3 saturated heterocycles. The summed E-state index contributed by atoms with van der Waals surface area (Å²) in [7, 11) is 0. The van der Waals surface area contributed by atoms with Crippen molar-refractivity contribution in [1.82, 2.24) is 34.8 Å². The van der Waals surface area contributed by atoms with Crippen LogP contribution in [-0.4, -0.2) is 111 Å². The second-order valence-electron chi connectivity index (χ2n) is 12.8. The summed E-state index contributed by atoms with van der Waals surface area (Å²) in [4.78, 5) is 49.3. The maximum atomic E-state index is 14.0. The van der Waals surface area contributed by atoms with E-state index in [-0.39, 0.29) is 29.4 Å². The van der Waals surface area contributed by atoms with E-state index < -0.39 is 6.04 Å². The number of hydrogen-bond donors (Lipinski definition) is 3. The lowest BCUT2D eigenvalue weighted by molar-refractivity contribution is -0.135. The van der Waals surface area contributed by atoms with Crippen LogP contribution in [0.1, 0.15) is 48.4 Å². The number of aryl methyl sites for hydroxylation is 2. The van der Waals surface area contributed by atoms with Crippen molar-refractivity contribution in [2.75, 3.05) is 52.5 Å². The minimum atomic E-state index is -0.745. The molecule has 0 saturated carbocycles. The molecular weight excluding hydrogens is 586 g/mol. The number of rotatable bonds is 7. The fourth-order valence-electron chi connectivity index (χ4n) is 7.04. The standard InChI is InChI=1S/C34H45N7O5/c1-23-20-25(21-24(2)30(23)42)22-29(32(43)39-16-14-38(15-17-39)27-10-18-46-19-11-27)35-33(44)40-12-8-28(9-13-40)41-34(45)36-31(37-41)26-6-4-3-5-7-26/h3-7,20-21,27-29,42H,8-19,22H2,1-2H3,(H,35,44)(H,36,37,45)/t29-/m1/s1. The molecule has 4 heterocycles. The molecular formula is C34H45N7O5. The Morgan fingerprint density at radius 1 is 0.935 bits per heavy atom. The van der Waals surface area contributed by atoms with Crippen molar-refractivity contribution in [2.45, 2.75) is 64.1 Å². The zero-order valence-electron chi connectivity index (χ0n) is 26.8. The van der Waals surface area contributed by atoms with Gasteiger partial charge < -0.3 is 25.0 Å². The molecule has 3 N–H and O–H groups in total. The van der Waals surface area contributed by atoms with E-state index in [9.17, 15) is 19.5 Å². The van der Waals surface area contributed by atoms with Gasteiger partial charge in [0.2, 0.25) is 5.91 Å². The molecule has 0 aliphatic carbocycles. The van der Waals surface area contributed by atoms with Crippen LogP contribution in [0.2, 0.25) is 0 Å². The minimum Gasteiger partial charge on any atom is -0.507 e. The fourth-order valence-corrected chi connectivity index (χ4v) is 7.04. The molecule has 3 fully saturated rings. The Bertz CT molecular complexity index is 1540. The molecule has 246 valence electrons. The average Bonchev–Trinajstić information content (AvgIpc) is 3.48. The van der Waals surface area contributed by atoms with Crippen molar-refractivity contribution in [3.63, 3.8) is 0 Å². The summed E-state index contributed by atoms with van der Waals surface area (Å²) in [6.07, 6.45) is 3.52. The number of ether oxygens (including phenoxy) is 1. The molecule has 3 aliphatic heterocycles. The topological polar surface area (TPSA) is 136 Å². The van der Waals surface area contributed by atoms with Gasteiger partial charge in [0.1, 0.15) is 11.8 Å². The van der Waals surface area contributed by atoms with E-state index in [1.807, 2.05) is 61.2 Å². The number of piperidine rings is 1. The van der Waals surface area contributed by atoms with Crippen LogP contribution < -0.4 is 11.0 Å². The summed E-state index contributed by atoms with van der Waals surface area (Å²) < 4.78 is 7.03. The molecule has 1 atom stereocenters. The van der Waals surface area contributed by atoms with Crippen molar-refractivity contribution in [3.8, 4) is 17.1 Å². The lowest BCUT2D eigenvalue weighted by Crippen LogP contribution is -2.59. The third kappa shape index (κ3) is 7.13. The van der Waals surface area contributed by atoms with Crippen LogP contribution in [0.3, 0.4) is 0 Å². The molecule has 0 bridgehead atoms. The van der Waals surface area contributed by atoms with Gasteiger partial charge in [-0.2, -0.15) is 0 Å². The second kappa shape index (κ2) is 14.1. The number of aromatic hydroxyl groups is 1. The number of likely N-dealkylation sites (tertiary alicyclic amines) is 1. The van der Waals surface area contributed by atoms with E-state index in [1.54, 1.807) is 4.90 Å². The third-order valence-electron chi connectivity index (χ3n) is 9.71. The Hall–Kier alpha value is -4.16. The molecule has 0 unspecified atom stereocenters. The summed E-state index contributed by atoms with van der Waals surface area (Å²) in [5, 5.41) is 17.9. The number of H-pyrrole nitrogens is 1. The van der Waals surface area contributed by atoms with Crippen molar-refractivity contribution < 1.29 is 19.4 Å². The number of phenols is 1. The number of carbonyl (C=O) groups is 2. The highest BCUT2D eigenvalue weighted by Gasteiger charge is 2.33. The first kappa shape index (κ1) is 31.8. The largest absolute Gasteiger partial charge is 0.507 e. The number of phenolic OH excluding ortho intramolecular Hbond substituents is 1. The zero-order valence-corrected chi connectivity index (χ0v) is 26.8. The van der Waals surface area contributed by atoms with Crippen molar-refractivity contribution in [2.24, 2.45) is 0 Å². The number of nitrogens with zero attached hydrogens (tertiary/aromatic N) is 5. The highest BCUT2D eigenvalue weighted by Crippen LogP contribution is 2.25. The van der Waals surface area contributed by atoms with Gasteiger partial charge in [-0.25, -0.2) is 14.3 Å². The van der Waals surface area contributed by atoms with Gasteiger partial charge in [0.05, 0.1) is 6.04 Å². The summed E-state index contributed by atoms with van der Waals surface area (Å²) in [6, 6.07) is 12.6. The summed E-state index contributed by atoms with van der Waals surface area (Å²) in [5.41, 5.74) is 2.95. The number of aromatic nitrogens is 3. The smallest absolute Gasteiger partial charge is 0.343 e. The van der Waals surface area contributed by atoms with Gasteiger partial charge in [0.15, 0.2) is 5.82 Å². The van der Waals surface area contributed by atoms with Crippen molar-refractivity contribution >= 4 is 11.9 Å². The van der Waals surface area contributed by atoms with Gasteiger partial charge in [-0.1, -0.05) is 42.5 Å². The van der Waals surface area contributed by atoms with Crippen LogP contribution in [-0.2, 0) is 16.0 Å². The number of nitrogens with one attached hydrogen (secondary N) is 2. The molecule has 2 aromatic carbocycles. The van der Waals surface area contributed by atoms with E-state index in [2.05, 4.69) is 20.3 Å². The second-order valence-corrected chi connectivity index (χ2v) is 12.8. The molecule has 0 radical (unpaired) electrons. The molecule has 3 aromatic rings. The predicted octanol–water partition coefficient (Wildman–Crippen LogP) is 2.84. The number of hydrogen-bond acceptors (Lipinski definition) is 7. The van der Waals surface area contributed by atoms with E-state index in [1.165, 1.54) is 4.68 Å². The highest BCUT2D eigenvalue weighted by molar-refractivity contribution is 5.87. The van der Waals surface area contributed by atoms with Crippen molar-refractivity contribution in [1.29, 1.82) is 0 Å². The fraction of sp³-hybridized carbons (Fsp3) is 0.529. The maximum absolute atomic E-state index is 14.0. The first-order valence-electron chi connectivity index (χ1n) is 16.5. The first-order chi connectivity index (χ1) is 22.3. The normalized spacial score (nSPS) is 19.3. The van der Waals surface area contributed by atoms with Crippen LogP contribution in [0.25, 0.3) is 11.4 Å². The van der Waals surface area contributed by atoms with Gasteiger partial charge in [0, 0.05) is 70.5 Å². The molecule has 3 aliphatic rings. The molecule has 12 heteroatoms. The third-order valence-corrected chi connectivity index (χ3v) is 9.71. The van der Waals surface area contributed by atoms with Crippen LogP contribution in [0.5, 0.6) is 5.75 Å². The molecule has 6 rings (SSSR count). The molecule has 12 nitrogen and oxygen atoms in total. The quantitative estimate of drug-likeness (QED) is 0.365. The number of aromatic amines is 1. The number of amides is 3. The number of benzene rings is 2. The van der Waals surface area contributed by atoms with Crippen LogP contribution in [0.4, 0.5) is 4.79 Å². The summed E-state index contributed by atoms with van der Waals surface area (Å²) >= 11 is 0. The molecule has 0 spiro atoms. The predicted molar refractivity (Wildman–Crippen MR) is 174 cm³/mol. The SMILES string of the molecule is Cc1cc(C[C@@H](NC(=O)N2CCC(n3nc(-c4ccccc4)[nH]c3=O)CC2)C(=O)N2CCN(C3CCOCC3)CC2)cc(C)c1O. The summed E-state index contributed by atoms with van der Waals surface area (Å²) in [5.74, 6) is 0.685. The monoisotopic (exact) mass is 631 g/mol. The van der Waals surface area contributed by atoms with Crippen LogP contribution in [0, 0.1) is 13.8 Å². The van der Waals surface area contributed by atoms with Gasteiger partial charge in [0.25, 0.3) is 0 Å². The minimum absolute atomic E-state index is 0.0882. The van der Waals surface area contributed by atoms with E-state index in [0.717, 1.165) is 61.4 Å². The van der Waals surface area contributed by atoms with E-state index in [4.69, 9.17) is 4.74 Å². The lowest BCUT2D eigenvalue weighted by atomic mass is 9.99. The maximum Gasteiger partial charge on any atom is 0.343 e. The van der Waals surface area contributed by atoms with Crippen LogP contribution in [0.15, 0.2) is 47.3 Å². The van der Waals surface area contributed by atoms with Crippen molar-refractivity contribution in [3.05, 3.63) is 69.6 Å². The molecule has 1 aromatic heterocycles. The molecule has 3 amide bonds.